The van der Waals surface area contributed by atoms with E-state index in [0.29, 0.717) is 6.04 Å². The molecule has 2 heterocycles. The lowest BCUT2D eigenvalue weighted by Gasteiger charge is -2.21. The Kier molecular flexibility index (Phi) is 2.02. The first-order valence-electron chi connectivity index (χ1n) is 5.22. The summed E-state index contributed by atoms with van der Waals surface area (Å²) in [7, 11) is 2.18. The van der Waals surface area contributed by atoms with Gasteiger partial charge in [-0.25, -0.2) is 0 Å². The topological polar surface area (TPSA) is 16.1 Å². The lowest BCUT2D eigenvalue weighted by atomic mass is 10.1. The molecule has 2 nitrogen and oxygen atoms in total. The second-order valence-corrected chi connectivity index (χ2v) is 4.40. The zero-order chi connectivity index (χ0) is 10.5. The largest absolute Gasteiger partial charge is 0.371 e. The van der Waals surface area contributed by atoms with Gasteiger partial charge in [0.2, 0.25) is 0 Å². The molecule has 0 N–H and O–H groups in total. The molecule has 0 amide bonds. The van der Waals surface area contributed by atoms with Crippen LogP contribution < -0.4 is 4.90 Å². The molecule has 0 aromatic carbocycles. The van der Waals surface area contributed by atoms with Gasteiger partial charge >= 0.3 is 0 Å². The Morgan fingerprint density at radius 1 is 1.21 bits per heavy atom. The fraction of sp³-hybridized carbons (Fsp3) is 0.583. The van der Waals surface area contributed by atoms with Gasteiger partial charge in [0.1, 0.15) is 0 Å². The van der Waals surface area contributed by atoms with E-state index >= 15 is 0 Å². The molecule has 1 aromatic rings. The van der Waals surface area contributed by atoms with Gasteiger partial charge in [-0.15, -0.1) is 0 Å². The SMILES string of the molecule is Cc1nc(C)c2c(c1C)N(C)C(C)C2. The predicted molar refractivity (Wildman–Crippen MR) is 60.0 cm³/mol. The van der Waals surface area contributed by atoms with Crippen LogP contribution in [0.5, 0.6) is 0 Å². The van der Waals surface area contributed by atoms with Gasteiger partial charge in [0, 0.05) is 30.2 Å². The van der Waals surface area contributed by atoms with Gasteiger partial charge in [-0.1, -0.05) is 0 Å². The summed E-state index contributed by atoms with van der Waals surface area (Å²) in [6, 6.07) is 0.617. The Balaban J connectivity index is 2.67. The highest BCUT2D eigenvalue weighted by molar-refractivity contribution is 5.65. The number of nitrogens with zero attached hydrogens (tertiary/aromatic N) is 2. The predicted octanol–water partition coefficient (Wildman–Crippen LogP) is 2.39. The third-order valence-corrected chi connectivity index (χ3v) is 3.47. The van der Waals surface area contributed by atoms with Gasteiger partial charge in [-0.3, -0.25) is 4.98 Å². The van der Waals surface area contributed by atoms with E-state index < -0.39 is 0 Å². The number of anilines is 1. The first kappa shape index (κ1) is 9.50. The van der Waals surface area contributed by atoms with Gasteiger partial charge in [-0.2, -0.15) is 0 Å². The number of pyridine rings is 1. The summed E-state index contributed by atoms with van der Waals surface area (Å²) in [6.45, 7) is 8.67. The number of aromatic nitrogens is 1. The first-order valence-corrected chi connectivity index (χ1v) is 5.22. The normalized spacial score (nSPS) is 20.1. The zero-order valence-corrected chi connectivity index (χ0v) is 9.68. The number of fused-ring (bicyclic) bond motifs is 1. The summed E-state index contributed by atoms with van der Waals surface area (Å²) in [6.07, 6.45) is 1.14. The molecule has 0 spiro atoms. The monoisotopic (exact) mass is 190 g/mol. The first-order chi connectivity index (χ1) is 6.52. The summed E-state index contributed by atoms with van der Waals surface area (Å²) in [5.41, 5.74) is 6.59. The number of likely N-dealkylation sites (N-methyl/N-ethyl adjacent to an activating group) is 1. The molecule has 1 aliphatic rings. The molecule has 0 radical (unpaired) electrons. The summed E-state index contributed by atoms with van der Waals surface area (Å²) in [5.74, 6) is 0. The average Bonchev–Trinajstić information content (AvgIpc) is 2.41. The number of hydrogen-bond donors (Lipinski definition) is 0. The van der Waals surface area contributed by atoms with E-state index in [1.807, 2.05) is 0 Å². The minimum atomic E-state index is 0.617. The van der Waals surface area contributed by atoms with Gasteiger partial charge < -0.3 is 4.90 Å². The smallest absolute Gasteiger partial charge is 0.0465 e. The zero-order valence-electron chi connectivity index (χ0n) is 9.68. The number of rotatable bonds is 0. The Morgan fingerprint density at radius 3 is 2.50 bits per heavy atom. The van der Waals surface area contributed by atoms with E-state index in [1.165, 1.54) is 28.2 Å². The van der Waals surface area contributed by atoms with Crippen LogP contribution in [0, 0.1) is 20.8 Å². The Labute approximate surface area is 86.0 Å². The quantitative estimate of drug-likeness (QED) is 0.624. The third-order valence-electron chi connectivity index (χ3n) is 3.47. The lowest BCUT2D eigenvalue weighted by Crippen LogP contribution is -2.24. The van der Waals surface area contributed by atoms with E-state index in [-0.39, 0.29) is 0 Å². The van der Waals surface area contributed by atoms with Crippen LogP contribution in [-0.2, 0) is 6.42 Å². The fourth-order valence-corrected chi connectivity index (χ4v) is 2.35. The van der Waals surface area contributed by atoms with Crippen molar-refractivity contribution < 1.29 is 0 Å². The molecule has 1 atom stereocenters. The summed E-state index contributed by atoms with van der Waals surface area (Å²) in [5, 5.41) is 0. The average molecular weight is 190 g/mol. The maximum absolute atomic E-state index is 4.59. The van der Waals surface area contributed by atoms with Gasteiger partial charge in [0.05, 0.1) is 0 Å². The van der Waals surface area contributed by atoms with E-state index in [2.05, 4.69) is 44.6 Å². The van der Waals surface area contributed by atoms with Gasteiger partial charge in [-0.05, 0) is 45.2 Å². The molecular weight excluding hydrogens is 172 g/mol. The maximum Gasteiger partial charge on any atom is 0.0465 e. The number of aryl methyl sites for hydroxylation is 2. The molecule has 76 valence electrons. The second-order valence-electron chi connectivity index (χ2n) is 4.40. The fourth-order valence-electron chi connectivity index (χ4n) is 2.35. The molecule has 1 aromatic heterocycles. The molecule has 0 aliphatic carbocycles. The molecule has 0 saturated carbocycles. The van der Waals surface area contributed by atoms with Crippen LogP contribution >= 0.6 is 0 Å². The minimum Gasteiger partial charge on any atom is -0.371 e. The van der Waals surface area contributed by atoms with Crippen molar-refractivity contribution in [3.63, 3.8) is 0 Å². The Morgan fingerprint density at radius 2 is 1.86 bits per heavy atom. The van der Waals surface area contributed by atoms with Gasteiger partial charge in [0.25, 0.3) is 0 Å². The molecule has 0 saturated heterocycles. The Hall–Kier alpha value is -1.05. The molecule has 1 aliphatic heterocycles. The Bertz CT molecular complexity index is 382. The summed E-state index contributed by atoms with van der Waals surface area (Å²) < 4.78 is 0. The maximum atomic E-state index is 4.59. The van der Waals surface area contributed by atoms with Crippen LogP contribution in [-0.4, -0.2) is 18.1 Å². The molecule has 2 heteroatoms. The van der Waals surface area contributed by atoms with Crippen LogP contribution in [0.15, 0.2) is 0 Å². The van der Waals surface area contributed by atoms with Crippen molar-refractivity contribution in [1.82, 2.24) is 4.98 Å². The standard InChI is InChI=1S/C12H18N2/c1-7-6-11-10(4)13-9(3)8(2)12(11)14(7)5/h7H,6H2,1-5H3. The molecular formula is C12H18N2. The minimum absolute atomic E-state index is 0.617. The van der Waals surface area contributed by atoms with Crippen molar-refractivity contribution in [2.45, 2.75) is 40.2 Å². The molecule has 0 bridgehead atoms. The van der Waals surface area contributed by atoms with E-state index in [9.17, 15) is 0 Å². The van der Waals surface area contributed by atoms with Crippen molar-refractivity contribution in [1.29, 1.82) is 0 Å². The van der Waals surface area contributed by atoms with E-state index in [4.69, 9.17) is 0 Å². The number of hydrogen-bond acceptors (Lipinski definition) is 2. The van der Waals surface area contributed by atoms with Crippen molar-refractivity contribution in [3.8, 4) is 0 Å². The molecule has 2 rings (SSSR count). The summed E-state index contributed by atoms with van der Waals surface area (Å²) in [4.78, 5) is 6.97. The van der Waals surface area contributed by atoms with Crippen molar-refractivity contribution in [2.75, 3.05) is 11.9 Å². The molecule has 14 heavy (non-hydrogen) atoms. The molecule has 0 fully saturated rings. The van der Waals surface area contributed by atoms with Crippen LogP contribution in [0.1, 0.15) is 29.4 Å². The summed E-state index contributed by atoms with van der Waals surface area (Å²) >= 11 is 0. The molecule has 1 unspecified atom stereocenters. The third kappa shape index (κ3) is 1.13. The highest BCUT2D eigenvalue weighted by Gasteiger charge is 2.27. The van der Waals surface area contributed by atoms with E-state index in [0.717, 1.165) is 6.42 Å². The van der Waals surface area contributed by atoms with Crippen molar-refractivity contribution in [2.24, 2.45) is 0 Å². The van der Waals surface area contributed by atoms with Crippen LogP contribution in [0.25, 0.3) is 0 Å². The van der Waals surface area contributed by atoms with Crippen LogP contribution in [0.3, 0.4) is 0 Å². The highest BCUT2D eigenvalue weighted by Crippen LogP contribution is 2.36. The van der Waals surface area contributed by atoms with E-state index in [1.54, 1.807) is 0 Å². The highest BCUT2D eigenvalue weighted by atomic mass is 15.2. The van der Waals surface area contributed by atoms with Gasteiger partial charge in [0.15, 0.2) is 0 Å². The van der Waals surface area contributed by atoms with Crippen molar-refractivity contribution >= 4 is 5.69 Å². The van der Waals surface area contributed by atoms with Crippen LogP contribution in [0.2, 0.25) is 0 Å². The van der Waals surface area contributed by atoms with Crippen LogP contribution in [0.4, 0.5) is 5.69 Å². The lowest BCUT2D eigenvalue weighted by molar-refractivity contribution is 0.729. The van der Waals surface area contributed by atoms with Crippen molar-refractivity contribution in [3.05, 3.63) is 22.5 Å². The second kappa shape index (κ2) is 2.97.